The van der Waals surface area contributed by atoms with Crippen LogP contribution in [0, 0.1) is 0 Å². The highest BCUT2D eigenvalue weighted by atomic mass is 32.1. The van der Waals surface area contributed by atoms with Crippen molar-refractivity contribution < 1.29 is 0 Å². The summed E-state index contributed by atoms with van der Waals surface area (Å²) in [5, 5.41) is 12.9. The maximum atomic E-state index is 2.47. The average molecular weight is 846 g/mol. The monoisotopic (exact) mass is 845 g/mol. The van der Waals surface area contributed by atoms with Gasteiger partial charge in [0, 0.05) is 42.6 Å². The number of benzene rings is 11. The van der Waals surface area contributed by atoms with E-state index in [1.165, 1.54) is 119 Å². The molecule has 0 N–H and O–H groups in total. The zero-order valence-electron chi connectivity index (χ0n) is 35.8. The Bertz CT molecular complexity index is 3960. The smallest absolute Gasteiger partial charge is 0.0547 e. The molecule has 0 saturated carbocycles. The molecule has 1 unspecified atom stereocenters. The van der Waals surface area contributed by atoms with Crippen LogP contribution >= 0.6 is 11.3 Å². The van der Waals surface area contributed by atoms with Crippen LogP contribution in [0.15, 0.2) is 231 Å². The van der Waals surface area contributed by atoms with E-state index in [1.54, 1.807) is 0 Å². The van der Waals surface area contributed by atoms with Crippen molar-refractivity contribution in [2.75, 3.05) is 0 Å². The zero-order valence-corrected chi connectivity index (χ0v) is 36.6. The number of hydrogen-bond donors (Lipinski definition) is 0. The van der Waals surface area contributed by atoms with Crippen LogP contribution in [-0.2, 0) is 6.42 Å². The summed E-state index contributed by atoms with van der Waals surface area (Å²) >= 11 is 1.87. The highest BCUT2D eigenvalue weighted by molar-refractivity contribution is 7.25. The third kappa shape index (κ3) is 6.52. The Morgan fingerprint density at radius 3 is 1.86 bits per heavy atom. The van der Waals surface area contributed by atoms with E-state index in [0.717, 1.165) is 12.8 Å². The summed E-state index contributed by atoms with van der Waals surface area (Å²) in [6.07, 6.45) is 1.95. The molecule has 1 nitrogen and oxygen atoms in total. The Morgan fingerprint density at radius 1 is 0.338 bits per heavy atom. The first-order valence-corrected chi connectivity index (χ1v) is 23.6. The lowest BCUT2D eigenvalue weighted by molar-refractivity contribution is 0.716. The molecule has 0 aliphatic rings. The Morgan fingerprint density at radius 2 is 0.969 bits per heavy atom. The molecule has 1 atom stereocenters. The molecule has 13 rings (SSSR count). The van der Waals surface area contributed by atoms with Crippen LogP contribution in [0.25, 0.3) is 102 Å². The SMILES string of the molecule is c1ccc(-c2cccc(CCC(c3cccc(-c4ccc5c6ccccc6n(-c6ccc7sc8ccccc8c7c6)c5c4)c3)c3ccc4c(ccc5c6ccccc6ccc45)c3)c2)cc1. The number of nitrogens with zero attached hydrogens (tertiary/aromatic N) is 1. The Hall–Kier alpha value is -7.78. The van der Waals surface area contributed by atoms with Gasteiger partial charge in [-0.1, -0.05) is 194 Å². The molecule has 0 radical (unpaired) electrons. The summed E-state index contributed by atoms with van der Waals surface area (Å²) in [6, 6.07) is 86.1. The van der Waals surface area contributed by atoms with Crippen molar-refractivity contribution in [2.24, 2.45) is 0 Å². The van der Waals surface area contributed by atoms with Gasteiger partial charge in [-0.3, -0.25) is 0 Å². The topological polar surface area (TPSA) is 4.93 Å². The van der Waals surface area contributed by atoms with E-state index in [4.69, 9.17) is 0 Å². The Kier molecular flexibility index (Phi) is 8.99. The van der Waals surface area contributed by atoms with Crippen LogP contribution in [0.3, 0.4) is 0 Å². The minimum atomic E-state index is 0.189. The fraction of sp³-hybridized carbons (Fsp3) is 0.0476. The van der Waals surface area contributed by atoms with Crippen LogP contribution < -0.4 is 0 Å². The first-order valence-electron chi connectivity index (χ1n) is 22.7. The molecular formula is C63H43NS. The number of thiophene rings is 1. The van der Waals surface area contributed by atoms with E-state index in [0.29, 0.717) is 0 Å². The van der Waals surface area contributed by atoms with Crippen LogP contribution in [0.4, 0.5) is 0 Å². The first kappa shape index (κ1) is 37.7. The van der Waals surface area contributed by atoms with E-state index >= 15 is 0 Å². The van der Waals surface area contributed by atoms with Gasteiger partial charge in [0.1, 0.15) is 0 Å². The molecule has 0 aliphatic heterocycles. The van der Waals surface area contributed by atoms with Gasteiger partial charge in [-0.05, 0) is 121 Å². The fourth-order valence-corrected chi connectivity index (χ4v) is 11.7. The van der Waals surface area contributed by atoms with Gasteiger partial charge in [-0.2, -0.15) is 0 Å². The lowest BCUT2D eigenvalue weighted by atomic mass is 9.83. The molecule has 0 amide bonds. The predicted molar refractivity (Wildman–Crippen MR) is 280 cm³/mol. The average Bonchev–Trinajstić information content (AvgIpc) is 3.91. The fourth-order valence-electron chi connectivity index (χ4n) is 10.7. The van der Waals surface area contributed by atoms with Gasteiger partial charge in [0.2, 0.25) is 0 Å². The van der Waals surface area contributed by atoms with Gasteiger partial charge >= 0.3 is 0 Å². The van der Waals surface area contributed by atoms with Gasteiger partial charge in [0.05, 0.1) is 11.0 Å². The number of aromatic nitrogens is 1. The van der Waals surface area contributed by atoms with Gasteiger partial charge in [-0.25, -0.2) is 0 Å². The number of para-hydroxylation sites is 1. The summed E-state index contributed by atoms with van der Waals surface area (Å²) in [6.45, 7) is 0. The Labute approximate surface area is 382 Å². The van der Waals surface area contributed by atoms with Crippen molar-refractivity contribution in [1.29, 1.82) is 0 Å². The summed E-state index contributed by atoms with van der Waals surface area (Å²) in [7, 11) is 0. The van der Waals surface area contributed by atoms with E-state index in [2.05, 4.69) is 235 Å². The van der Waals surface area contributed by atoms with E-state index < -0.39 is 0 Å². The zero-order chi connectivity index (χ0) is 42.8. The number of aryl methyl sites for hydroxylation is 1. The quantitative estimate of drug-likeness (QED) is 0.134. The number of hydrogen-bond acceptors (Lipinski definition) is 1. The number of rotatable bonds is 8. The summed E-state index contributed by atoms with van der Waals surface area (Å²) in [5.41, 5.74) is 12.6. The third-order valence-electron chi connectivity index (χ3n) is 13.8. The normalized spacial score (nSPS) is 12.4. The highest BCUT2D eigenvalue weighted by Crippen LogP contribution is 2.41. The van der Waals surface area contributed by atoms with Crippen molar-refractivity contribution in [2.45, 2.75) is 18.8 Å². The second-order valence-corrected chi connectivity index (χ2v) is 18.7. The Balaban J connectivity index is 0.925. The highest BCUT2D eigenvalue weighted by Gasteiger charge is 2.19. The molecule has 0 saturated heterocycles. The van der Waals surface area contributed by atoms with Crippen molar-refractivity contribution in [3.8, 4) is 27.9 Å². The first-order chi connectivity index (χ1) is 32.2. The molecule has 11 aromatic carbocycles. The van der Waals surface area contributed by atoms with Gasteiger partial charge in [-0.15, -0.1) is 11.3 Å². The molecule has 306 valence electrons. The number of fused-ring (bicyclic) bond motifs is 11. The second-order valence-electron chi connectivity index (χ2n) is 17.6. The minimum absolute atomic E-state index is 0.189. The van der Waals surface area contributed by atoms with E-state index in [1.807, 2.05) is 11.3 Å². The third-order valence-corrected chi connectivity index (χ3v) is 15.0. The molecule has 2 aromatic heterocycles. The molecule has 0 aliphatic carbocycles. The molecular weight excluding hydrogens is 803 g/mol. The van der Waals surface area contributed by atoms with Crippen molar-refractivity contribution >= 4 is 85.6 Å². The lowest BCUT2D eigenvalue weighted by Gasteiger charge is -2.21. The van der Waals surface area contributed by atoms with Crippen LogP contribution in [0.5, 0.6) is 0 Å². The summed E-state index contributed by atoms with van der Waals surface area (Å²) < 4.78 is 5.12. The lowest BCUT2D eigenvalue weighted by Crippen LogP contribution is -2.04. The largest absolute Gasteiger partial charge is 0.309 e. The molecule has 0 bridgehead atoms. The maximum Gasteiger partial charge on any atom is 0.0547 e. The van der Waals surface area contributed by atoms with Crippen molar-refractivity contribution in [3.05, 3.63) is 247 Å². The molecule has 13 aromatic rings. The molecule has 2 heterocycles. The van der Waals surface area contributed by atoms with Crippen molar-refractivity contribution in [3.63, 3.8) is 0 Å². The van der Waals surface area contributed by atoms with E-state index in [9.17, 15) is 0 Å². The van der Waals surface area contributed by atoms with Gasteiger partial charge < -0.3 is 4.57 Å². The summed E-state index contributed by atoms with van der Waals surface area (Å²) in [4.78, 5) is 0. The van der Waals surface area contributed by atoms with Gasteiger partial charge in [0.25, 0.3) is 0 Å². The van der Waals surface area contributed by atoms with Crippen molar-refractivity contribution in [1.82, 2.24) is 4.57 Å². The van der Waals surface area contributed by atoms with Crippen LogP contribution in [0.2, 0.25) is 0 Å². The predicted octanol–water partition coefficient (Wildman–Crippen LogP) is 17.7. The van der Waals surface area contributed by atoms with Gasteiger partial charge in [0.15, 0.2) is 0 Å². The maximum absolute atomic E-state index is 2.47. The standard InChI is InChI=1S/C63H43NS/c1-2-13-42(14-3-1)44-16-10-12-41(36-44)24-30-51(48-27-31-53-49(38-48)28-33-54-52-19-5-4-15-43(52)25-32-55(53)54)47-18-11-17-45(37-47)46-26-34-57-56-20-6-8-22-60(56)64(61(57)39-46)50-29-35-63-59(40-50)58-21-7-9-23-62(58)65-63/h1-23,25-29,31-40,51H,24,30H2. The van der Waals surface area contributed by atoms with E-state index in [-0.39, 0.29) is 5.92 Å². The van der Waals surface area contributed by atoms with Crippen LogP contribution in [0.1, 0.15) is 29.0 Å². The molecule has 2 heteroatoms. The molecule has 0 spiro atoms. The minimum Gasteiger partial charge on any atom is -0.309 e. The molecule has 65 heavy (non-hydrogen) atoms. The second kappa shape index (κ2) is 15.5. The molecule has 0 fully saturated rings. The summed E-state index contributed by atoms with van der Waals surface area (Å²) in [5.74, 6) is 0.189. The van der Waals surface area contributed by atoms with Crippen LogP contribution in [-0.4, -0.2) is 4.57 Å².